The van der Waals surface area contributed by atoms with Gasteiger partial charge in [-0.3, -0.25) is 4.98 Å². The lowest BCUT2D eigenvalue weighted by molar-refractivity contribution is 0.949. The molecule has 0 atom stereocenters. The van der Waals surface area contributed by atoms with Crippen LogP contribution in [0, 0.1) is 0 Å². The first-order valence-corrected chi connectivity index (χ1v) is 7.89. The van der Waals surface area contributed by atoms with Gasteiger partial charge in [-0.2, -0.15) is 0 Å². The van der Waals surface area contributed by atoms with Gasteiger partial charge in [0.25, 0.3) is 0 Å². The minimum Gasteiger partial charge on any atom is -0.254 e. The summed E-state index contributed by atoms with van der Waals surface area (Å²) in [4.78, 5) is 9.22. The number of nitrogens with zero attached hydrogens (tertiary/aromatic N) is 2. The Morgan fingerprint density at radius 1 is 0.810 bits per heavy atom. The molecule has 0 aliphatic heterocycles. The van der Waals surface area contributed by atoms with Gasteiger partial charge in [-0.25, -0.2) is 4.98 Å². The summed E-state index contributed by atoms with van der Waals surface area (Å²) in [5.41, 5.74) is 3.42. The largest absolute Gasteiger partial charge is 0.254 e. The average molecular weight is 290 g/mol. The van der Waals surface area contributed by atoms with Crippen molar-refractivity contribution < 1.29 is 0 Å². The van der Waals surface area contributed by atoms with Crippen molar-refractivity contribution in [2.24, 2.45) is 0 Å². The second-order valence-corrected chi connectivity index (χ2v) is 6.17. The highest BCUT2D eigenvalue weighted by Crippen LogP contribution is 2.29. The second kappa shape index (κ2) is 5.26. The van der Waals surface area contributed by atoms with Crippen molar-refractivity contribution >= 4 is 32.5 Å². The van der Waals surface area contributed by atoms with Crippen LogP contribution in [0.5, 0.6) is 0 Å². The predicted molar refractivity (Wildman–Crippen MR) is 88.8 cm³/mol. The van der Waals surface area contributed by atoms with E-state index in [9.17, 15) is 0 Å². The summed E-state index contributed by atoms with van der Waals surface area (Å²) in [6.45, 7) is 0. The van der Waals surface area contributed by atoms with Gasteiger partial charge in [0.15, 0.2) is 0 Å². The summed E-state index contributed by atoms with van der Waals surface area (Å²) in [5.74, 6) is 0. The number of aromatic nitrogens is 2. The molecule has 4 aromatic rings. The summed E-state index contributed by atoms with van der Waals surface area (Å²) in [7, 11) is 0. The number of aryl methyl sites for hydroxylation is 2. The lowest BCUT2D eigenvalue weighted by Crippen LogP contribution is -1.89. The molecule has 0 spiro atoms. The van der Waals surface area contributed by atoms with E-state index in [2.05, 4.69) is 53.5 Å². The first kappa shape index (κ1) is 12.5. The maximum atomic E-state index is 4.73. The van der Waals surface area contributed by atoms with Crippen molar-refractivity contribution in [3.63, 3.8) is 0 Å². The van der Waals surface area contributed by atoms with E-state index < -0.39 is 0 Å². The van der Waals surface area contributed by atoms with Crippen LogP contribution < -0.4 is 0 Å². The highest BCUT2D eigenvalue weighted by Gasteiger charge is 2.08. The summed E-state index contributed by atoms with van der Waals surface area (Å²) >= 11 is 1.79. The number of pyridine rings is 1. The van der Waals surface area contributed by atoms with Crippen LogP contribution in [0.2, 0.25) is 0 Å². The van der Waals surface area contributed by atoms with Crippen LogP contribution in [0.4, 0.5) is 0 Å². The Bertz CT molecular complexity index is 897. The molecule has 2 aromatic heterocycles. The molecular weight excluding hydrogens is 276 g/mol. The summed E-state index contributed by atoms with van der Waals surface area (Å²) < 4.78 is 1.25. The first-order chi connectivity index (χ1) is 10.4. The Hall–Kier alpha value is -2.26. The molecule has 0 amide bonds. The topological polar surface area (TPSA) is 25.8 Å². The Labute approximate surface area is 127 Å². The maximum Gasteiger partial charge on any atom is 0.100 e. The lowest BCUT2D eigenvalue weighted by Gasteiger charge is -1.97. The van der Waals surface area contributed by atoms with Gasteiger partial charge >= 0.3 is 0 Å². The van der Waals surface area contributed by atoms with Crippen molar-refractivity contribution in [2.45, 2.75) is 12.8 Å². The molecule has 3 heteroatoms. The molecule has 0 unspecified atom stereocenters. The molecule has 2 heterocycles. The van der Waals surface area contributed by atoms with Crippen molar-refractivity contribution in [2.75, 3.05) is 0 Å². The van der Waals surface area contributed by atoms with Crippen molar-refractivity contribution in [1.29, 1.82) is 0 Å². The summed E-state index contributed by atoms with van der Waals surface area (Å²) in [6.07, 6.45) is 3.91. The van der Waals surface area contributed by atoms with Crippen molar-refractivity contribution in [3.8, 4) is 0 Å². The zero-order chi connectivity index (χ0) is 14.1. The van der Waals surface area contributed by atoms with Gasteiger partial charge in [-0.15, -0.1) is 11.3 Å². The fraction of sp³-hybridized carbons (Fsp3) is 0.111. The Morgan fingerprint density at radius 3 is 2.52 bits per heavy atom. The van der Waals surface area contributed by atoms with Crippen LogP contribution in [-0.2, 0) is 12.8 Å². The molecule has 0 saturated carbocycles. The normalized spacial score (nSPS) is 11.2. The van der Waals surface area contributed by atoms with E-state index in [0.717, 1.165) is 23.9 Å². The standard InChI is InChI=1S/C18H14N2S/c1-2-6-13(7-3-1)10-11-17-20-16-12-19-15-9-5-4-8-14(15)18(16)21-17/h1-9,12H,10-11H2. The zero-order valence-corrected chi connectivity index (χ0v) is 12.3. The van der Waals surface area contributed by atoms with E-state index >= 15 is 0 Å². The van der Waals surface area contributed by atoms with E-state index in [4.69, 9.17) is 4.98 Å². The quantitative estimate of drug-likeness (QED) is 0.550. The number of para-hydroxylation sites is 1. The van der Waals surface area contributed by atoms with Gasteiger partial charge in [0.05, 0.1) is 21.4 Å². The Balaban J connectivity index is 1.69. The molecule has 2 nitrogen and oxygen atoms in total. The highest BCUT2D eigenvalue weighted by atomic mass is 32.1. The summed E-state index contributed by atoms with van der Waals surface area (Å²) in [5, 5.41) is 2.39. The number of hydrogen-bond donors (Lipinski definition) is 0. The van der Waals surface area contributed by atoms with Crippen LogP contribution in [0.3, 0.4) is 0 Å². The number of thiazole rings is 1. The molecule has 21 heavy (non-hydrogen) atoms. The second-order valence-electron chi connectivity index (χ2n) is 5.08. The number of benzene rings is 2. The molecule has 0 radical (unpaired) electrons. The average Bonchev–Trinajstić information content (AvgIpc) is 2.97. The third-order valence-corrected chi connectivity index (χ3v) is 4.81. The summed E-state index contributed by atoms with van der Waals surface area (Å²) in [6, 6.07) is 18.8. The minimum atomic E-state index is 0.984. The fourth-order valence-electron chi connectivity index (χ4n) is 2.57. The monoisotopic (exact) mass is 290 g/mol. The van der Waals surface area contributed by atoms with Crippen molar-refractivity contribution in [3.05, 3.63) is 71.4 Å². The Morgan fingerprint density at radius 2 is 1.62 bits per heavy atom. The molecule has 0 saturated heterocycles. The molecule has 2 aromatic carbocycles. The van der Waals surface area contributed by atoms with Crippen LogP contribution >= 0.6 is 11.3 Å². The smallest absolute Gasteiger partial charge is 0.100 e. The fourth-order valence-corrected chi connectivity index (χ4v) is 3.64. The third kappa shape index (κ3) is 2.41. The van der Waals surface area contributed by atoms with E-state index in [1.807, 2.05) is 12.3 Å². The molecule has 0 aliphatic carbocycles. The predicted octanol–water partition coefficient (Wildman–Crippen LogP) is 4.63. The van der Waals surface area contributed by atoms with Gasteiger partial charge in [0.1, 0.15) is 5.52 Å². The number of hydrogen-bond acceptors (Lipinski definition) is 3. The Kier molecular flexibility index (Phi) is 3.13. The minimum absolute atomic E-state index is 0.984. The molecule has 102 valence electrons. The van der Waals surface area contributed by atoms with E-state index in [-0.39, 0.29) is 0 Å². The third-order valence-electron chi connectivity index (χ3n) is 3.64. The molecule has 0 N–H and O–H groups in total. The van der Waals surface area contributed by atoms with Crippen LogP contribution in [0.1, 0.15) is 10.6 Å². The van der Waals surface area contributed by atoms with Gasteiger partial charge in [0.2, 0.25) is 0 Å². The van der Waals surface area contributed by atoms with Gasteiger partial charge < -0.3 is 0 Å². The molecule has 4 rings (SSSR count). The molecule has 0 aliphatic rings. The van der Waals surface area contributed by atoms with Gasteiger partial charge in [-0.1, -0.05) is 48.5 Å². The van der Waals surface area contributed by atoms with Crippen LogP contribution in [0.25, 0.3) is 21.1 Å². The molecule has 0 bridgehead atoms. The van der Waals surface area contributed by atoms with Crippen LogP contribution in [0.15, 0.2) is 60.8 Å². The van der Waals surface area contributed by atoms with E-state index in [1.54, 1.807) is 11.3 Å². The van der Waals surface area contributed by atoms with Crippen LogP contribution in [-0.4, -0.2) is 9.97 Å². The lowest BCUT2D eigenvalue weighted by atomic mass is 10.1. The first-order valence-electron chi connectivity index (χ1n) is 7.07. The van der Waals surface area contributed by atoms with E-state index in [1.165, 1.54) is 20.7 Å². The maximum absolute atomic E-state index is 4.73. The van der Waals surface area contributed by atoms with Crippen molar-refractivity contribution in [1.82, 2.24) is 9.97 Å². The zero-order valence-electron chi connectivity index (χ0n) is 11.5. The number of fused-ring (bicyclic) bond motifs is 3. The van der Waals surface area contributed by atoms with E-state index in [0.29, 0.717) is 0 Å². The molecule has 0 fully saturated rings. The molecular formula is C18H14N2S. The number of rotatable bonds is 3. The highest BCUT2D eigenvalue weighted by molar-refractivity contribution is 7.19. The van der Waals surface area contributed by atoms with Gasteiger partial charge in [-0.05, 0) is 18.1 Å². The SMILES string of the molecule is c1ccc(CCc2nc3cnc4ccccc4c3s2)cc1. The van der Waals surface area contributed by atoms with Gasteiger partial charge in [0, 0.05) is 11.8 Å².